The third kappa shape index (κ3) is 2.85. The van der Waals surface area contributed by atoms with Crippen LogP contribution >= 0.6 is 0 Å². The predicted octanol–water partition coefficient (Wildman–Crippen LogP) is 3.86. The molecule has 1 aliphatic heterocycles. The summed E-state index contributed by atoms with van der Waals surface area (Å²) in [7, 11) is 0. The van der Waals surface area contributed by atoms with Crippen molar-refractivity contribution in [1.29, 1.82) is 0 Å². The second-order valence-corrected chi connectivity index (χ2v) is 7.24. The van der Waals surface area contributed by atoms with Crippen LogP contribution in [-0.2, 0) is 11.2 Å². The maximum atomic E-state index is 12.8. The van der Waals surface area contributed by atoms with Crippen molar-refractivity contribution in [2.75, 3.05) is 26.2 Å². The fourth-order valence-corrected chi connectivity index (χ4v) is 4.58. The van der Waals surface area contributed by atoms with Crippen LogP contribution in [0.25, 0.3) is 10.8 Å². The minimum absolute atomic E-state index is 0.143. The van der Waals surface area contributed by atoms with Crippen LogP contribution in [-0.4, -0.2) is 41.9 Å². The van der Waals surface area contributed by atoms with Gasteiger partial charge < -0.3 is 4.90 Å². The van der Waals surface area contributed by atoms with Crippen LogP contribution in [0.15, 0.2) is 36.4 Å². The minimum atomic E-state index is 0.143. The lowest BCUT2D eigenvalue weighted by Gasteiger charge is -2.37. The number of likely N-dealkylation sites (tertiary alicyclic amines) is 1. The SMILES string of the molecule is CCN(CC)C(=O)C1CCCN([C]2Cc3cccc4cccc2c34)C1. The molecule has 0 bridgehead atoms. The van der Waals surface area contributed by atoms with E-state index >= 15 is 0 Å². The summed E-state index contributed by atoms with van der Waals surface area (Å²) in [4.78, 5) is 17.3. The van der Waals surface area contributed by atoms with E-state index in [2.05, 4.69) is 55.1 Å². The number of hydrogen-bond acceptors (Lipinski definition) is 2. The largest absolute Gasteiger partial charge is 0.343 e. The molecule has 0 N–H and O–H groups in total. The Morgan fingerprint density at radius 1 is 1.16 bits per heavy atom. The zero-order valence-electron chi connectivity index (χ0n) is 15.3. The van der Waals surface area contributed by atoms with E-state index in [4.69, 9.17) is 0 Å². The molecule has 2 aromatic carbocycles. The highest BCUT2D eigenvalue weighted by Crippen LogP contribution is 2.40. The van der Waals surface area contributed by atoms with E-state index in [-0.39, 0.29) is 5.92 Å². The summed E-state index contributed by atoms with van der Waals surface area (Å²) in [6.07, 6.45) is 3.13. The van der Waals surface area contributed by atoms with Gasteiger partial charge in [-0.05, 0) is 61.6 Å². The third-order valence-electron chi connectivity index (χ3n) is 5.89. The Kier molecular flexibility index (Phi) is 4.51. The molecule has 1 saturated heterocycles. The van der Waals surface area contributed by atoms with Crippen LogP contribution in [0.2, 0.25) is 0 Å². The van der Waals surface area contributed by atoms with Gasteiger partial charge in [0, 0.05) is 19.6 Å². The standard InChI is InChI=1S/C22H27N2O/c1-3-23(4-2)22(25)18-11-7-13-24(15-18)20-14-17-10-5-8-16-9-6-12-19(20)21(16)17/h5-6,8-10,12,18H,3-4,7,11,13-15H2,1-2H3. The molecule has 0 aromatic heterocycles. The Morgan fingerprint density at radius 3 is 2.68 bits per heavy atom. The third-order valence-corrected chi connectivity index (χ3v) is 5.89. The van der Waals surface area contributed by atoms with Gasteiger partial charge >= 0.3 is 0 Å². The van der Waals surface area contributed by atoms with Gasteiger partial charge in [0.05, 0.1) is 12.0 Å². The van der Waals surface area contributed by atoms with Crippen molar-refractivity contribution >= 4 is 16.7 Å². The molecule has 4 rings (SSSR count). The lowest BCUT2D eigenvalue weighted by molar-refractivity contribution is -0.136. The molecule has 25 heavy (non-hydrogen) atoms. The number of carbonyl (C=O) groups excluding carboxylic acids is 1. The highest BCUT2D eigenvalue weighted by molar-refractivity contribution is 5.93. The number of rotatable bonds is 4. The van der Waals surface area contributed by atoms with E-state index in [0.717, 1.165) is 45.4 Å². The molecule has 3 nitrogen and oxygen atoms in total. The van der Waals surface area contributed by atoms with E-state index in [9.17, 15) is 4.79 Å². The summed E-state index contributed by atoms with van der Waals surface area (Å²) >= 11 is 0. The van der Waals surface area contributed by atoms with Crippen LogP contribution in [0.5, 0.6) is 0 Å². The summed E-state index contributed by atoms with van der Waals surface area (Å²) in [6.45, 7) is 7.72. The monoisotopic (exact) mass is 335 g/mol. The molecule has 0 spiro atoms. The highest BCUT2D eigenvalue weighted by Gasteiger charge is 2.35. The average molecular weight is 335 g/mol. The summed E-state index contributed by atoms with van der Waals surface area (Å²) < 4.78 is 0. The van der Waals surface area contributed by atoms with Crippen molar-refractivity contribution in [2.45, 2.75) is 33.1 Å². The number of piperidine rings is 1. The van der Waals surface area contributed by atoms with E-state index in [0.29, 0.717) is 5.91 Å². The minimum Gasteiger partial charge on any atom is -0.343 e. The number of nitrogens with zero attached hydrogens (tertiary/aromatic N) is 2. The average Bonchev–Trinajstić information content (AvgIpc) is 3.04. The normalized spacial score (nSPS) is 21.0. The molecular weight excluding hydrogens is 308 g/mol. The molecule has 1 amide bonds. The van der Waals surface area contributed by atoms with Gasteiger partial charge in [0.2, 0.25) is 5.91 Å². The fraction of sp³-hybridized carbons (Fsp3) is 0.455. The molecule has 3 heteroatoms. The molecular formula is C22H27N2O. The number of hydrogen-bond donors (Lipinski definition) is 0. The Hall–Kier alpha value is -1.87. The van der Waals surface area contributed by atoms with Gasteiger partial charge in [0.25, 0.3) is 0 Å². The van der Waals surface area contributed by atoms with Gasteiger partial charge in [0.15, 0.2) is 0 Å². The van der Waals surface area contributed by atoms with Crippen molar-refractivity contribution in [2.24, 2.45) is 5.92 Å². The quantitative estimate of drug-likeness (QED) is 0.847. The van der Waals surface area contributed by atoms with Crippen LogP contribution in [0.3, 0.4) is 0 Å². The highest BCUT2D eigenvalue weighted by atomic mass is 16.2. The van der Waals surface area contributed by atoms with E-state index in [1.54, 1.807) is 0 Å². The lowest BCUT2D eigenvalue weighted by Crippen LogP contribution is -2.46. The van der Waals surface area contributed by atoms with Crippen LogP contribution in [0.1, 0.15) is 37.8 Å². The van der Waals surface area contributed by atoms with Gasteiger partial charge in [-0.15, -0.1) is 0 Å². The number of carbonyl (C=O) groups is 1. The van der Waals surface area contributed by atoms with Gasteiger partial charge in [-0.1, -0.05) is 36.4 Å². The fourth-order valence-electron chi connectivity index (χ4n) is 4.58. The van der Waals surface area contributed by atoms with Crippen molar-refractivity contribution in [3.63, 3.8) is 0 Å². The van der Waals surface area contributed by atoms with E-state index < -0.39 is 0 Å². The summed E-state index contributed by atoms with van der Waals surface area (Å²) in [5.74, 6) is 0.480. The molecule has 2 aliphatic rings. The zero-order valence-corrected chi connectivity index (χ0v) is 15.3. The number of benzene rings is 2. The Bertz CT molecular complexity index is 775. The predicted molar refractivity (Wildman–Crippen MR) is 102 cm³/mol. The Labute approximate surface area is 150 Å². The van der Waals surface area contributed by atoms with Crippen molar-refractivity contribution in [3.8, 4) is 0 Å². The molecule has 1 atom stereocenters. The van der Waals surface area contributed by atoms with Crippen molar-refractivity contribution in [3.05, 3.63) is 53.6 Å². The van der Waals surface area contributed by atoms with Crippen LogP contribution in [0, 0.1) is 12.0 Å². The first-order chi connectivity index (χ1) is 12.2. The second kappa shape index (κ2) is 6.80. The first-order valence-electron chi connectivity index (χ1n) is 9.63. The van der Waals surface area contributed by atoms with Gasteiger partial charge in [-0.2, -0.15) is 0 Å². The first-order valence-corrected chi connectivity index (χ1v) is 9.63. The molecule has 1 unspecified atom stereocenters. The van der Waals surface area contributed by atoms with Crippen molar-refractivity contribution in [1.82, 2.24) is 9.80 Å². The lowest BCUT2D eigenvalue weighted by atomic mass is 9.93. The van der Waals surface area contributed by atoms with E-state index in [1.807, 2.05) is 4.90 Å². The zero-order chi connectivity index (χ0) is 17.4. The maximum Gasteiger partial charge on any atom is 0.226 e. The molecule has 1 radical (unpaired) electrons. The summed E-state index contributed by atoms with van der Waals surface area (Å²) in [6, 6.07) is 14.7. The van der Waals surface area contributed by atoms with Crippen LogP contribution < -0.4 is 0 Å². The molecule has 0 saturated carbocycles. The molecule has 131 valence electrons. The first kappa shape index (κ1) is 16.6. The van der Waals surface area contributed by atoms with Crippen LogP contribution in [0.4, 0.5) is 0 Å². The Balaban J connectivity index is 1.57. The molecule has 1 heterocycles. The van der Waals surface area contributed by atoms with E-state index in [1.165, 1.54) is 27.9 Å². The topological polar surface area (TPSA) is 23.6 Å². The Morgan fingerprint density at radius 2 is 1.92 bits per heavy atom. The van der Waals surface area contributed by atoms with Gasteiger partial charge in [0.1, 0.15) is 0 Å². The van der Waals surface area contributed by atoms with Gasteiger partial charge in [-0.3, -0.25) is 9.69 Å². The summed E-state index contributed by atoms with van der Waals surface area (Å²) in [5.41, 5.74) is 2.81. The van der Waals surface area contributed by atoms with Crippen molar-refractivity contribution < 1.29 is 4.79 Å². The number of amides is 1. The second-order valence-electron chi connectivity index (χ2n) is 7.24. The maximum absolute atomic E-state index is 12.8. The molecule has 1 aliphatic carbocycles. The molecule has 2 aromatic rings. The van der Waals surface area contributed by atoms with Gasteiger partial charge in [-0.25, -0.2) is 0 Å². The summed E-state index contributed by atoms with van der Waals surface area (Å²) in [5, 5.41) is 2.75. The molecule has 1 fully saturated rings. The smallest absolute Gasteiger partial charge is 0.226 e.